The van der Waals surface area contributed by atoms with E-state index in [1.54, 1.807) is 0 Å². The van der Waals surface area contributed by atoms with Gasteiger partial charge in [0.05, 0.1) is 6.54 Å². The van der Waals surface area contributed by atoms with E-state index in [4.69, 9.17) is 11.5 Å². The van der Waals surface area contributed by atoms with Gasteiger partial charge >= 0.3 is 6.09 Å². The molecule has 2 amide bonds. The lowest BCUT2D eigenvalue weighted by Crippen LogP contribution is -2.39. The molecule has 6 heteroatoms. The molecule has 0 aliphatic carbocycles. The summed E-state index contributed by atoms with van der Waals surface area (Å²) >= 11 is 0. The minimum absolute atomic E-state index is 0.128. The van der Waals surface area contributed by atoms with Gasteiger partial charge in [-0.15, -0.1) is 0 Å². The van der Waals surface area contributed by atoms with Crippen molar-refractivity contribution in [2.75, 3.05) is 13.1 Å². The van der Waals surface area contributed by atoms with E-state index in [2.05, 4.69) is 10.1 Å². The van der Waals surface area contributed by atoms with Crippen molar-refractivity contribution in [3.63, 3.8) is 0 Å². The number of rotatable bonds is 4. The fourth-order valence-corrected chi connectivity index (χ4v) is 0.595. The second kappa shape index (κ2) is 5.36. The van der Waals surface area contributed by atoms with Crippen molar-refractivity contribution in [2.45, 2.75) is 13.0 Å². The molecule has 70 valence electrons. The highest BCUT2D eigenvalue weighted by molar-refractivity contribution is 5.72. The third-order valence-electron chi connectivity index (χ3n) is 1.12. The molecule has 0 aromatic rings. The molecule has 0 spiro atoms. The zero-order chi connectivity index (χ0) is 9.56. The molecular weight excluding hydrogens is 162 g/mol. The highest BCUT2D eigenvalue weighted by Crippen LogP contribution is 1.86. The van der Waals surface area contributed by atoms with Crippen molar-refractivity contribution in [3.05, 3.63) is 0 Å². The minimum Gasteiger partial charge on any atom is -0.443 e. The van der Waals surface area contributed by atoms with E-state index in [1.165, 1.54) is 6.92 Å². The van der Waals surface area contributed by atoms with Gasteiger partial charge in [-0.1, -0.05) is 0 Å². The molecule has 0 fully saturated rings. The predicted molar refractivity (Wildman–Crippen MR) is 42.2 cm³/mol. The molecule has 5 N–H and O–H groups in total. The molecule has 1 atom stereocenters. The summed E-state index contributed by atoms with van der Waals surface area (Å²) in [4.78, 5) is 20.7. The summed E-state index contributed by atoms with van der Waals surface area (Å²) in [5, 5.41) is 2.45. The third-order valence-corrected chi connectivity index (χ3v) is 1.12. The van der Waals surface area contributed by atoms with Crippen LogP contribution < -0.4 is 16.8 Å². The lowest BCUT2D eigenvalue weighted by molar-refractivity contribution is -0.119. The molecule has 0 aromatic carbocycles. The second-order valence-corrected chi connectivity index (χ2v) is 2.23. The second-order valence-electron chi connectivity index (χ2n) is 2.23. The van der Waals surface area contributed by atoms with E-state index >= 15 is 0 Å². The van der Waals surface area contributed by atoms with Crippen LogP contribution in [0.3, 0.4) is 0 Å². The number of nitrogens with two attached hydrogens (primary N) is 2. The molecule has 0 bridgehead atoms. The summed E-state index contributed by atoms with van der Waals surface area (Å²) in [7, 11) is 0. The maximum atomic E-state index is 10.4. The van der Waals surface area contributed by atoms with E-state index < -0.39 is 12.2 Å². The first-order chi connectivity index (χ1) is 5.56. The smallest absolute Gasteiger partial charge is 0.404 e. The molecule has 0 aliphatic heterocycles. The number of carbonyl (C=O) groups is 2. The monoisotopic (exact) mass is 175 g/mol. The molecule has 0 saturated heterocycles. The Morgan fingerprint density at radius 1 is 1.58 bits per heavy atom. The maximum absolute atomic E-state index is 10.4. The zero-order valence-corrected chi connectivity index (χ0v) is 6.87. The van der Waals surface area contributed by atoms with Gasteiger partial charge < -0.3 is 21.5 Å². The van der Waals surface area contributed by atoms with Crippen LogP contribution in [0.5, 0.6) is 0 Å². The number of hydrogen-bond acceptors (Lipinski definition) is 4. The summed E-state index contributed by atoms with van der Waals surface area (Å²) in [6.45, 7) is 1.68. The number of nitrogens with one attached hydrogen (secondary N) is 1. The third kappa shape index (κ3) is 5.48. The Balaban J connectivity index is 3.67. The molecule has 12 heavy (non-hydrogen) atoms. The van der Waals surface area contributed by atoms with Gasteiger partial charge in [0, 0.05) is 13.5 Å². The number of carbonyl (C=O) groups excluding carboxylic acids is 2. The van der Waals surface area contributed by atoms with Crippen LogP contribution in [0.15, 0.2) is 0 Å². The zero-order valence-electron chi connectivity index (χ0n) is 6.87. The summed E-state index contributed by atoms with van der Waals surface area (Å²) in [5.41, 5.74) is 9.97. The first-order valence-electron chi connectivity index (χ1n) is 3.47. The lowest BCUT2D eigenvalue weighted by Gasteiger charge is -2.13. The van der Waals surface area contributed by atoms with E-state index in [0.29, 0.717) is 0 Å². The van der Waals surface area contributed by atoms with Gasteiger partial charge in [-0.2, -0.15) is 0 Å². The Morgan fingerprint density at radius 3 is 2.50 bits per heavy atom. The van der Waals surface area contributed by atoms with E-state index in [0.717, 1.165) is 0 Å². The van der Waals surface area contributed by atoms with Gasteiger partial charge in [-0.05, 0) is 0 Å². The van der Waals surface area contributed by atoms with Crippen LogP contribution in [0.4, 0.5) is 4.79 Å². The molecular formula is C6H13N3O3. The highest BCUT2D eigenvalue weighted by Gasteiger charge is 2.09. The topological polar surface area (TPSA) is 107 Å². The van der Waals surface area contributed by atoms with Crippen LogP contribution in [0.2, 0.25) is 0 Å². The Labute approximate surface area is 70.2 Å². The minimum atomic E-state index is -0.893. The van der Waals surface area contributed by atoms with Gasteiger partial charge in [-0.25, -0.2) is 4.79 Å². The van der Waals surface area contributed by atoms with Crippen molar-refractivity contribution in [1.82, 2.24) is 5.32 Å². The molecule has 0 rings (SSSR count). The fraction of sp³-hybridized carbons (Fsp3) is 0.667. The Bertz CT molecular complexity index is 171. The average Bonchev–Trinajstić information content (AvgIpc) is 1.97. The van der Waals surface area contributed by atoms with Gasteiger partial charge in [0.15, 0.2) is 0 Å². The number of amides is 2. The van der Waals surface area contributed by atoms with Gasteiger partial charge in [0.1, 0.15) is 6.10 Å². The Morgan fingerprint density at radius 2 is 2.17 bits per heavy atom. The van der Waals surface area contributed by atoms with Crippen molar-refractivity contribution < 1.29 is 14.3 Å². The van der Waals surface area contributed by atoms with Crippen LogP contribution in [0, 0.1) is 0 Å². The molecule has 1 unspecified atom stereocenters. The summed E-state index contributed by atoms with van der Waals surface area (Å²) < 4.78 is 4.55. The van der Waals surface area contributed by atoms with Crippen LogP contribution in [0.25, 0.3) is 0 Å². The molecule has 6 nitrogen and oxygen atoms in total. The van der Waals surface area contributed by atoms with Gasteiger partial charge in [0.2, 0.25) is 5.91 Å². The lowest BCUT2D eigenvalue weighted by atomic mass is 10.3. The molecule has 0 aliphatic rings. The van der Waals surface area contributed by atoms with E-state index in [9.17, 15) is 9.59 Å². The van der Waals surface area contributed by atoms with Crippen LogP contribution >= 0.6 is 0 Å². The van der Waals surface area contributed by atoms with Crippen molar-refractivity contribution in [3.8, 4) is 0 Å². The SMILES string of the molecule is CC(=O)NCC(CN)OC(N)=O. The highest BCUT2D eigenvalue weighted by atomic mass is 16.6. The summed E-state index contributed by atoms with van der Waals surface area (Å²) in [6, 6.07) is 0. The standard InChI is InChI=1S/C6H13N3O3/c1-4(10)9-3-5(2-7)12-6(8)11/h5H,2-3,7H2,1H3,(H2,8,11)(H,9,10). The molecule has 0 radical (unpaired) electrons. The Hall–Kier alpha value is -1.30. The van der Waals surface area contributed by atoms with Gasteiger partial charge in [-0.3, -0.25) is 4.79 Å². The van der Waals surface area contributed by atoms with E-state index in [-0.39, 0.29) is 19.0 Å². The maximum Gasteiger partial charge on any atom is 0.404 e. The average molecular weight is 175 g/mol. The van der Waals surface area contributed by atoms with Crippen LogP contribution in [0.1, 0.15) is 6.92 Å². The molecule has 0 aromatic heterocycles. The molecule has 0 saturated carbocycles. The first kappa shape index (κ1) is 10.7. The number of hydrogen-bond donors (Lipinski definition) is 3. The van der Waals surface area contributed by atoms with Crippen LogP contribution in [-0.2, 0) is 9.53 Å². The van der Waals surface area contributed by atoms with E-state index in [1.807, 2.05) is 0 Å². The number of ether oxygens (including phenoxy) is 1. The first-order valence-corrected chi connectivity index (χ1v) is 3.47. The number of primary amides is 1. The fourth-order valence-electron chi connectivity index (χ4n) is 0.595. The molecule has 0 heterocycles. The van der Waals surface area contributed by atoms with Gasteiger partial charge in [0.25, 0.3) is 0 Å². The normalized spacial score (nSPS) is 11.8. The predicted octanol–water partition coefficient (Wildman–Crippen LogP) is -1.45. The Kier molecular flexibility index (Phi) is 4.78. The van der Waals surface area contributed by atoms with Crippen LogP contribution in [-0.4, -0.2) is 31.2 Å². The van der Waals surface area contributed by atoms with Crippen molar-refractivity contribution in [1.29, 1.82) is 0 Å². The summed E-state index contributed by atoms with van der Waals surface area (Å²) in [5.74, 6) is -0.207. The van der Waals surface area contributed by atoms with Crippen molar-refractivity contribution in [2.24, 2.45) is 11.5 Å². The summed E-state index contributed by atoms with van der Waals surface area (Å²) in [6.07, 6.45) is -1.44. The van der Waals surface area contributed by atoms with Crippen molar-refractivity contribution >= 4 is 12.0 Å². The largest absolute Gasteiger partial charge is 0.443 e. The quantitative estimate of drug-likeness (QED) is 0.485.